The van der Waals surface area contributed by atoms with Gasteiger partial charge in [0.25, 0.3) is 0 Å². The van der Waals surface area contributed by atoms with E-state index < -0.39 is 6.10 Å². The number of aliphatic hydroxyl groups is 1. The second-order valence-corrected chi connectivity index (χ2v) is 4.44. The van der Waals surface area contributed by atoms with Crippen molar-refractivity contribution in [2.75, 3.05) is 20.7 Å². The molecule has 0 spiro atoms. The van der Waals surface area contributed by atoms with Crippen LogP contribution >= 0.6 is 0 Å². The Labute approximate surface area is 108 Å². The number of nitrogens with zero attached hydrogens (tertiary/aromatic N) is 1. The summed E-state index contributed by atoms with van der Waals surface area (Å²) >= 11 is 0. The summed E-state index contributed by atoms with van der Waals surface area (Å²) in [6.45, 7) is 2.04. The van der Waals surface area contributed by atoms with E-state index in [1.807, 2.05) is 24.3 Å². The molecule has 100 valence electrons. The minimum Gasteiger partial charge on any atom is -0.496 e. The fourth-order valence-corrected chi connectivity index (χ4v) is 1.84. The molecule has 1 rings (SSSR count). The molecule has 0 aliphatic rings. The summed E-state index contributed by atoms with van der Waals surface area (Å²) in [6, 6.07) is 7.69. The number of hydrogen-bond acceptors (Lipinski definition) is 3. The van der Waals surface area contributed by atoms with Crippen molar-refractivity contribution in [1.82, 2.24) is 4.90 Å². The molecule has 1 atom stereocenters. The van der Waals surface area contributed by atoms with Crippen LogP contribution in [0.3, 0.4) is 0 Å². The van der Waals surface area contributed by atoms with E-state index in [0.29, 0.717) is 19.4 Å². The first kappa shape index (κ1) is 14.5. The van der Waals surface area contributed by atoms with E-state index in [9.17, 15) is 9.90 Å². The second kappa shape index (κ2) is 7.01. The fourth-order valence-electron chi connectivity index (χ4n) is 1.84. The van der Waals surface area contributed by atoms with E-state index in [-0.39, 0.29) is 5.91 Å². The summed E-state index contributed by atoms with van der Waals surface area (Å²) in [7, 11) is 3.33. The third kappa shape index (κ3) is 4.37. The van der Waals surface area contributed by atoms with E-state index in [2.05, 4.69) is 0 Å². The lowest BCUT2D eigenvalue weighted by Gasteiger charge is -2.19. The van der Waals surface area contributed by atoms with Crippen LogP contribution in [0.5, 0.6) is 5.75 Å². The van der Waals surface area contributed by atoms with E-state index >= 15 is 0 Å². The summed E-state index contributed by atoms with van der Waals surface area (Å²) < 4.78 is 5.24. The van der Waals surface area contributed by atoms with Gasteiger partial charge in [0, 0.05) is 20.0 Å². The summed E-state index contributed by atoms with van der Waals surface area (Å²) in [5.41, 5.74) is 1.03. The van der Waals surface area contributed by atoms with Crippen LogP contribution in [0.2, 0.25) is 0 Å². The molecule has 1 aromatic rings. The summed E-state index contributed by atoms with van der Waals surface area (Å²) in [5.74, 6) is 0.838. The summed E-state index contributed by atoms with van der Waals surface area (Å²) in [5, 5.41) is 9.23. The molecule has 0 radical (unpaired) electrons. The summed E-state index contributed by atoms with van der Waals surface area (Å²) in [6.07, 6.45) is 0.571. The topological polar surface area (TPSA) is 49.8 Å². The number of methoxy groups -OCH3 is 1. The first-order chi connectivity index (χ1) is 8.54. The molecule has 1 unspecified atom stereocenters. The monoisotopic (exact) mass is 251 g/mol. The molecule has 0 bridgehead atoms. The number of rotatable bonds is 6. The molecule has 0 aliphatic heterocycles. The van der Waals surface area contributed by atoms with Crippen molar-refractivity contribution in [2.24, 2.45) is 0 Å². The Balaban J connectivity index is 2.52. The van der Waals surface area contributed by atoms with Crippen molar-refractivity contribution in [1.29, 1.82) is 0 Å². The Morgan fingerprint density at radius 3 is 2.72 bits per heavy atom. The molecule has 4 nitrogen and oxygen atoms in total. The predicted molar refractivity (Wildman–Crippen MR) is 70.6 cm³/mol. The largest absolute Gasteiger partial charge is 0.496 e. The quantitative estimate of drug-likeness (QED) is 0.833. The molecule has 4 heteroatoms. The molecule has 1 N–H and O–H groups in total. The standard InChI is InChI=1S/C14H21NO3/c1-11(16)10-15(2)14(17)9-8-12-6-4-5-7-13(12)18-3/h4-7,11,16H,8-10H2,1-3H3. The van der Waals surface area contributed by atoms with Gasteiger partial charge in [0.05, 0.1) is 13.2 Å². The van der Waals surface area contributed by atoms with Gasteiger partial charge in [0.1, 0.15) is 5.75 Å². The minimum absolute atomic E-state index is 0.0295. The second-order valence-electron chi connectivity index (χ2n) is 4.44. The Bertz CT molecular complexity index is 390. The number of likely N-dealkylation sites (N-methyl/N-ethyl adjacent to an activating group) is 1. The van der Waals surface area contributed by atoms with Gasteiger partial charge in [-0.15, -0.1) is 0 Å². The predicted octanol–water partition coefficient (Wildman–Crippen LogP) is 1.47. The number of benzene rings is 1. The molecule has 18 heavy (non-hydrogen) atoms. The van der Waals surface area contributed by atoms with Gasteiger partial charge in [-0.25, -0.2) is 0 Å². The number of carbonyl (C=O) groups excluding carboxylic acids is 1. The number of hydrogen-bond donors (Lipinski definition) is 1. The van der Waals surface area contributed by atoms with Gasteiger partial charge in [-0.1, -0.05) is 18.2 Å². The van der Waals surface area contributed by atoms with Gasteiger partial charge in [0.15, 0.2) is 0 Å². The number of aliphatic hydroxyl groups excluding tert-OH is 1. The smallest absolute Gasteiger partial charge is 0.222 e. The first-order valence-electron chi connectivity index (χ1n) is 6.08. The molecule has 1 aromatic carbocycles. The minimum atomic E-state index is -0.495. The van der Waals surface area contributed by atoms with E-state index in [1.165, 1.54) is 0 Å². The maximum Gasteiger partial charge on any atom is 0.222 e. The highest BCUT2D eigenvalue weighted by Gasteiger charge is 2.12. The zero-order valence-corrected chi connectivity index (χ0v) is 11.2. The van der Waals surface area contributed by atoms with Crippen LogP contribution in [0.4, 0.5) is 0 Å². The first-order valence-corrected chi connectivity index (χ1v) is 6.08. The van der Waals surface area contributed by atoms with Crippen molar-refractivity contribution >= 4 is 5.91 Å². The maximum atomic E-state index is 11.8. The van der Waals surface area contributed by atoms with Gasteiger partial charge in [-0.2, -0.15) is 0 Å². The lowest BCUT2D eigenvalue weighted by atomic mass is 10.1. The van der Waals surface area contributed by atoms with Crippen molar-refractivity contribution in [3.05, 3.63) is 29.8 Å². The van der Waals surface area contributed by atoms with Gasteiger partial charge < -0.3 is 14.7 Å². The normalized spacial score (nSPS) is 12.0. The molecule has 0 aromatic heterocycles. The number of para-hydroxylation sites is 1. The van der Waals surface area contributed by atoms with Crippen LogP contribution in [-0.2, 0) is 11.2 Å². The van der Waals surface area contributed by atoms with Crippen LogP contribution < -0.4 is 4.74 Å². The summed E-state index contributed by atoms with van der Waals surface area (Å²) in [4.78, 5) is 13.4. The number of ether oxygens (including phenoxy) is 1. The number of carbonyl (C=O) groups is 1. The molecule has 0 aliphatic carbocycles. The fraction of sp³-hybridized carbons (Fsp3) is 0.500. The van der Waals surface area contributed by atoms with Gasteiger partial charge in [0.2, 0.25) is 5.91 Å². The van der Waals surface area contributed by atoms with Crippen molar-refractivity contribution in [3.63, 3.8) is 0 Å². The highest BCUT2D eigenvalue weighted by atomic mass is 16.5. The maximum absolute atomic E-state index is 11.8. The van der Waals surface area contributed by atoms with Crippen LogP contribution in [-0.4, -0.2) is 42.7 Å². The number of amides is 1. The Kier molecular flexibility index (Phi) is 5.65. The van der Waals surface area contributed by atoms with Crippen LogP contribution in [0, 0.1) is 0 Å². The highest BCUT2D eigenvalue weighted by molar-refractivity contribution is 5.76. The third-order valence-corrected chi connectivity index (χ3v) is 2.76. The van der Waals surface area contributed by atoms with E-state index in [1.54, 1.807) is 26.0 Å². The van der Waals surface area contributed by atoms with Crippen LogP contribution in [0.1, 0.15) is 18.9 Å². The molecule has 0 fully saturated rings. The highest BCUT2D eigenvalue weighted by Crippen LogP contribution is 2.19. The van der Waals surface area contributed by atoms with Gasteiger partial charge in [-0.05, 0) is 25.0 Å². The van der Waals surface area contributed by atoms with Gasteiger partial charge >= 0.3 is 0 Å². The Hall–Kier alpha value is -1.55. The van der Waals surface area contributed by atoms with Crippen molar-refractivity contribution in [2.45, 2.75) is 25.9 Å². The molecule has 1 amide bonds. The van der Waals surface area contributed by atoms with Crippen molar-refractivity contribution < 1.29 is 14.6 Å². The zero-order valence-electron chi connectivity index (χ0n) is 11.2. The van der Waals surface area contributed by atoms with Crippen molar-refractivity contribution in [3.8, 4) is 5.75 Å². The molecular weight excluding hydrogens is 230 g/mol. The van der Waals surface area contributed by atoms with Crippen LogP contribution in [0.25, 0.3) is 0 Å². The Morgan fingerprint density at radius 2 is 2.11 bits per heavy atom. The third-order valence-electron chi connectivity index (χ3n) is 2.76. The zero-order chi connectivity index (χ0) is 13.5. The van der Waals surface area contributed by atoms with Crippen LogP contribution in [0.15, 0.2) is 24.3 Å². The van der Waals surface area contributed by atoms with E-state index in [0.717, 1.165) is 11.3 Å². The van der Waals surface area contributed by atoms with Gasteiger partial charge in [-0.3, -0.25) is 4.79 Å². The Morgan fingerprint density at radius 1 is 1.44 bits per heavy atom. The number of aryl methyl sites for hydroxylation is 1. The molecular formula is C14H21NO3. The lowest BCUT2D eigenvalue weighted by Crippen LogP contribution is -2.33. The average Bonchev–Trinajstić information content (AvgIpc) is 2.35. The molecule has 0 saturated heterocycles. The SMILES string of the molecule is COc1ccccc1CCC(=O)N(C)CC(C)O. The average molecular weight is 251 g/mol. The van der Waals surface area contributed by atoms with E-state index in [4.69, 9.17) is 4.74 Å². The lowest BCUT2D eigenvalue weighted by molar-refractivity contribution is -0.131. The molecule has 0 heterocycles. The molecule has 0 saturated carbocycles.